The van der Waals surface area contributed by atoms with Crippen LogP contribution in [0.25, 0.3) is 0 Å². The van der Waals surface area contributed by atoms with Crippen molar-refractivity contribution in [2.75, 3.05) is 39.3 Å². The highest BCUT2D eigenvalue weighted by atomic mass is 16.5. The molecule has 3 unspecified atom stereocenters. The van der Waals surface area contributed by atoms with Crippen LogP contribution in [0.5, 0.6) is 5.75 Å². The van der Waals surface area contributed by atoms with E-state index in [0.717, 1.165) is 24.9 Å². The Morgan fingerprint density at radius 2 is 1.84 bits per heavy atom. The van der Waals surface area contributed by atoms with Gasteiger partial charge in [-0.15, -0.1) is 0 Å². The number of hydrogen-bond donors (Lipinski definition) is 0. The van der Waals surface area contributed by atoms with E-state index in [9.17, 15) is 14.4 Å². The number of fused-ring (bicyclic) bond motifs is 3. The van der Waals surface area contributed by atoms with Crippen LogP contribution in [-0.4, -0.2) is 68.7 Å². The lowest BCUT2D eigenvalue weighted by Gasteiger charge is -2.67. The number of esters is 1. The minimum atomic E-state index is -1.04. The molecule has 4 heterocycles. The number of Topliss-reactive ketones (excluding diaryl/α,β-unsaturated/α-hetero) is 1. The highest BCUT2D eigenvalue weighted by Gasteiger charge is 2.84. The number of piperidine rings is 1. The summed E-state index contributed by atoms with van der Waals surface area (Å²) in [6, 6.07) is 5.26. The van der Waals surface area contributed by atoms with Crippen molar-refractivity contribution in [2.24, 2.45) is 11.3 Å². The van der Waals surface area contributed by atoms with Crippen LogP contribution in [0.15, 0.2) is 18.2 Å². The van der Waals surface area contributed by atoms with Crippen LogP contribution in [0.3, 0.4) is 0 Å². The minimum Gasteiger partial charge on any atom is -0.497 e. The molecule has 1 aromatic rings. The molecule has 0 N–H and O–H groups in total. The Balaban J connectivity index is 1.74. The van der Waals surface area contributed by atoms with Gasteiger partial charge in [-0.05, 0) is 69.0 Å². The summed E-state index contributed by atoms with van der Waals surface area (Å²) in [5.41, 5.74) is -1.20. The molecule has 1 aromatic carbocycles. The van der Waals surface area contributed by atoms with Crippen LogP contribution in [0.2, 0.25) is 0 Å². The predicted molar refractivity (Wildman–Crippen MR) is 114 cm³/mol. The summed E-state index contributed by atoms with van der Waals surface area (Å²) < 4.78 is 16.1. The Morgan fingerprint density at radius 3 is 2.56 bits per heavy atom. The van der Waals surface area contributed by atoms with Gasteiger partial charge in [-0.1, -0.05) is 0 Å². The summed E-state index contributed by atoms with van der Waals surface area (Å²) in [6.45, 7) is 1.56. The summed E-state index contributed by atoms with van der Waals surface area (Å²) >= 11 is 0. The molecule has 6 fully saturated rings. The first kappa shape index (κ1) is 20.0. The fraction of sp³-hybridized carbons (Fsp3) is 0.625. The molecular weight excluding hydrogens is 412 g/mol. The number of anilines is 1. The van der Waals surface area contributed by atoms with Crippen LogP contribution >= 0.6 is 0 Å². The number of nitrogens with zero attached hydrogens (tertiary/aromatic N) is 2. The maximum absolute atomic E-state index is 14.7. The SMILES string of the molecule is COC(=O)C1C2N3CCC[C@@]24CC[C@@]12N(C(=O)OC)c1ccc(OC)cc1[C@@]2(CC3)C4=O. The van der Waals surface area contributed by atoms with Gasteiger partial charge in [0.15, 0.2) is 5.78 Å². The Kier molecular flexibility index (Phi) is 3.91. The molecule has 8 rings (SSSR count). The Labute approximate surface area is 186 Å². The van der Waals surface area contributed by atoms with Crippen molar-refractivity contribution in [1.82, 2.24) is 4.90 Å². The summed E-state index contributed by atoms with van der Waals surface area (Å²) in [6.07, 6.45) is 2.96. The predicted octanol–water partition coefficient (Wildman–Crippen LogP) is 2.28. The number of ketones is 1. The molecule has 170 valence electrons. The summed E-state index contributed by atoms with van der Waals surface area (Å²) in [7, 11) is 4.34. The fourth-order valence-corrected chi connectivity index (χ4v) is 8.35. The lowest BCUT2D eigenvalue weighted by molar-refractivity contribution is -0.183. The van der Waals surface area contributed by atoms with Crippen molar-refractivity contribution in [2.45, 2.75) is 49.1 Å². The van der Waals surface area contributed by atoms with Crippen LogP contribution in [0.1, 0.15) is 37.7 Å². The summed E-state index contributed by atoms with van der Waals surface area (Å²) in [4.78, 5) is 45.5. The van der Waals surface area contributed by atoms with Crippen LogP contribution in [-0.2, 0) is 24.5 Å². The van der Waals surface area contributed by atoms with E-state index in [1.165, 1.54) is 14.2 Å². The molecule has 3 spiro atoms. The second kappa shape index (κ2) is 6.25. The molecule has 3 saturated heterocycles. The topological polar surface area (TPSA) is 85.4 Å². The third-order valence-corrected chi connectivity index (χ3v) is 9.28. The quantitative estimate of drug-likeness (QED) is 0.652. The number of hydrogen-bond acceptors (Lipinski definition) is 7. The second-order valence-corrected chi connectivity index (χ2v) is 9.84. The van der Waals surface area contributed by atoms with Gasteiger partial charge >= 0.3 is 12.1 Å². The maximum atomic E-state index is 14.7. The molecule has 0 aromatic heterocycles. The van der Waals surface area contributed by atoms with Crippen LogP contribution < -0.4 is 9.64 Å². The van der Waals surface area contributed by atoms with Gasteiger partial charge in [0.05, 0.1) is 43.9 Å². The minimum absolute atomic E-state index is 0.185. The Bertz CT molecular complexity index is 1060. The zero-order valence-corrected chi connectivity index (χ0v) is 18.7. The Hall–Kier alpha value is -2.61. The van der Waals surface area contributed by atoms with Gasteiger partial charge in [0, 0.05) is 11.5 Å². The number of carbonyl (C=O) groups excluding carboxylic acids is 3. The van der Waals surface area contributed by atoms with Gasteiger partial charge in [-0.2, -0.15) is 0 Å². The van der Waals surface area contributed by atoms with Crippen LogP contribution in [0.4, 0.5) is 10.5 Å². The maximum Gasteiger partial charge on any atom is 0.414 e. The molecule has 4 aliphatic heterocycles. The van der Waals surface area contributed by atoms with Crippen molar-refractivity contribution >= 4 is 23.5 Å². The third-order valence-electron chi connectivity index (χ3n) is 9.28. The van der Waals surface area contributed by atoms with Gasteiger partial charge in [0.1, 0.15) is 5.75 Å². The van der Waals surface area contributed by atoms with E-state index in [1.54, 1.807) is 18.1 Å². The summed E-state index contributed by atoms with van der Waals surface area (Å²) in [5, 5.41) is 0. The molecule has 8 nitrogen and oxygen atoms in total. The summed E-state index contributed by atoms with van der Waals surface area (Å²) in [5.74, 6) is -0.160. The molecule has 8 heteroatoms. The number of amides is 1. The van der Waals surface area contributed by atoms with Crippen molar-refractivity contribution in [1.29, 1.82) is 0 Å². The van der Waals surface area contributed by atoms with Crippen molar-refractivity contribution in [3.05, 3.63) is 23.8 Å². The van der Waals surface area contributed by atoms with Crippen LogP contribution in [0, 0.1) is 11.3 Å². The van der Waals surface area contributed by atoms with Gasteiger partial charge < -0.3 is 14.2 Å². The zero-order chi connectivity index (χ0) is 22.5. The van der Waals surface area contributed by atoms with Crippen molar-refractivity contribution < 1.29 is 28.6 Å². The van der Waals surface area contributed by atoms with Gasteiger partial charge in [-0.25, -0.2) is 4.79 Å². The average Bonchev–Trinajstić information content (AvgIpc) is 2.97. The van der Waals surface area contributed by atoms with E-state index in [-0.39, 0.29) is 17.8 Å². The van der Waals surface area contributed by atoms with E-state index in [1.807, 2.05) is 12.1 Å². The molecule has 3 saturated carbocycles. The number of carbonyl (C=O) groups is 3. The van der Waals surface area contributed by atoms with E-state index < -0.39 is 28.4 Å². The third kappa shape index (κ3) is 1.86. The Morgan fingerprint density at radius 1 is 1.03 bits per heavy atom. The number of benzene rings is 1. The van der Waals surface area contributed by atoms with Crippen molar-refractivity contribution in [3.8, 4) is 5.75 Å². The molecule has 3 aliphatic carbocycles. The first-order valence-corrected chi connectivity index (χ1v) is 11.4. The number of ether oxygens (including phenoxy) is 3. The molecule has 7 aliphatic rings. The normalized spacial score (nSPS) is 40.4. The van der Waals surface area contributed by atoms with E-state index in [2.05, 4.69) is 4.90 Å². The number of rotatable bonds is 2. The van der Waals surface area contributed by atoms with Gasteiger partial charge in [-0.3, -0.25) is 19.4 Å². The molecular formula is C24H28N2O6. The molecule has 5 bridgehead atoms. The van der Waals surface area contributed by atoms with E-state index in [4.69, 9.17) is 14.2 Å². The monoisotopic (exact) mass is 440 g/mol. The standard InChI is InChI=1S/C24H28N2O6/c1-30-14-5-6-16-15(13-14)23-10-12-25-11-4-7-22(20(23)28)8-9-24(23,26(16)21(29)32-3)17(18(22)25)19(27)31-2/h5-6,13,17-18H,4,7-12H2,1-3H3/t17?,18?,22-,23+,24-/m1/s1. The average molecular weight is 440 g/mol. The van der Waals surface area contributed by atoms with Crippen molar-refractivity contribution in [3.63, 3.8) is 0 Å². The van der Waals surface area contributed by atoms with Gasteiger partial charge in [0.25, 0.3) is 0 Å². The molecule has 1 amide bonds. The smallest absolute Gasteiger partial charge is 0.414 e. The largest absolute Gasteiger partial charge is 0.497 e. The zero-order valence-electron chi connectivity index (χ0n) is 18.7. The highest BCUT2D eigenvalue weighted by Crippen LogP contribution is 2.73. The van der Waals surface area contributed by atoms with E-state index in [0.29, 0.717) is 37.2 Å². The fourth-order valence-electron chi connectivity index (χ4n) is 8.35. The van der Waals surface area contributed by atoms with E-state index >= 15 is 0 Å². The first-order chi connectivity index (χ1) is 15.4. The second-order valence-electron chi connectivity index (χ2n) is 9.84. The highest BCUT2D eigenvalue weighted by molar-refractivity contribution is 6.10. The lowest BCUT2D eigenvalue weighted by atomic mass is 9.38. The number of methoxy groups -OCH3 is 3. The lowest BCUT2D eigenvalue weighted by Crippen LogP contribution is -2.82. The van der Waals surface area contributed by atoms with Gasteiger partial charge in [0.2, 0.25) is 0 Å². The first-order valence-electron chi connectivity index (χ1n) is 11.4. The molecule has 6 atom stereocenters. The molecule has 0 radical (unpaired) electrons. The molecule has 32 heavy (non-hydrogen) atoms.